The van der Waals surface area contributed by atoms with Crippen molar-refractivity contribution in [2.75, 3.05) is 19.6 Å². The van der Waals surface area contributed by atoms with Crippen LogP contribution in [0.4, 0.5) is 0 Å². The third-order valence-electron chi connectivity index (χ3n) is 5.59. The van der Waals surface area contributed by atoms with Crippen molar-refractivity contribution < 1.29 is 5.11 Å². The lowest BCUT2D eigenvalue weighted by Gasteiger charge is -2.12. The highest BCUT2D eigenvalue weighted by atomic mass is 32.2. The lowest BCUT2D eigenvalue weighted by Crippen LogP contribution is -2.27. The third-order valence-corrected chi connectivity index (χ3v) is 6.82. The van der Waals surface area contributed by atoms with Crippen molar-refractivity contribution in [1.82, 2.24) is 10.6 Å². The lowest BCUT2D eigenvalue weighted by atomic mass is 10.1. The molecule has 3 N–H and O–H groups in total. The number of hydrogen-bond acceptors (Lipinski definition) is 4. The fourth-order valence-electron chi connectivity index (χ4n) is 3.69. The fraction of sp³-hybridized carbons (Fsp3) is 0.556. The molecule has 31 heavy (non-hydrogen) atoms. The first-order valence-electron chi connectivity index (χ1n) is 12.2. The van der Waals surface area contributed by atoms with E-state index in [1.54, 1.807) is 11.8 Å². The zero-order chi connectivity index (χ0) is 22.0. The fourth-order valence-corrected chi connectivity index (χ4v) is 4.75. The van der Waals surface area contributed by atoms with E-state index in [9.17, 15) is 5.11 Å². The molecule has 0 aliphatic heterocycles. The summed E-state index contributed by atoms with van der Waals surface area (Å²) in [5.74, 6) is 0. The van der Waals surface area contributed by atoms with Gasteiger partial charge in [0, 0.05) is 29.4 Å². The average Bonchev–Trinajstić information content (AvgIpc) is 2.80. The number of aliphatic hydroxyl groups is 1. The summed E-state index contributed by atoms with van der Waals surface area (Å²) in [5, 5.41) is 16.7. The van der Waals surface area contributed by atoms with Gasteiger partial charge < -0.3 is 15.7 Å². The second-order valence-electron chi connectivity index (χ2n) is 8.23. The van der Waals surface area contributed by atoms with Crippen LogP contribution in [0.15, 0.2) is 58.3 Å². The maximum Gasteiger partial charge on any atom is 0.0692 e. The van der Waals surface area contributed by atoms with Gasteiger partial charge >= 0.3 is 0 Å². The summed E-state index contributed by atoms with van der Waals surface area (Å²) in [6.07, 6.45) is 12.4. The Labute approximate surface area is 194 Å². The van der Waals surface area contributed by atoms with Gasteiger partial charge in [0.05, 0.1) is 6.61 Å². The maximum atomic E-state index is 9.58. The van der Waals surface area contributed by atoms with Gasteiger partial charge in [-0.2, -0.15) is 0 Å². The second-order valence-corrected chi connectivity index (χ2v) is 9.31. The highest BCUT2D eigenvalue weighted by Gasteiger charge is 2.07. The predicted molar refractivity (Wildman–Crippen MR) is 135 cm³/mol. The van der Waals surface area contributed by atoms with Gasteiger partial charge in [0.25, 0.3) is 0 Å². The van der Waals surface area contributed by atoms with E-state index < -0.39 is 0 Å². The minimum Gasteiger partial charge on any atom is -0.392 e. The Kier molecular flexibility index (Phi) is 14.4. The summed E-state index contributed by atoms with van der Waals surface area (Å²) < 4.78 is 0. The standard InChI is InChI=1S/C27H42N2OS/c1-2-3-4-5-6-7-8-9-14-19-28-20-21-29-22-24-15-10-12-17-26(24)31-27-18-13-11-16-25(27)23-30/h10-13,15-18,28-30H,2-9,14,19-23H2,1H3. The number of rotatable bonds is 18. The van der Waals surface area contributed by atoms with Gasteiger partial charge in [-0.25, -0.2) is 0 Å². The Morgan fingerprint density at radius 3 is 1.87 bits per heavy atom. The molecule has 0 saturated carbocycles. The van der Waals surface area contributed by atoms with Crippen molar-refractivity contribution in [3.8, 4) is 0 Å². The molecule has 2 rings (SSSR count). The number of benzene rings is 2. The predicted octanol–water partition coefficient (Wildman–Crippen LogP) is 6.54. The normalized spacial score (nSPS) is 11.2. The number of nitrogens with one attached hydrogen (secondary N) is 2. The van der Waals surface area contributed by atoms with Crippen LogP contribution in [0, 0.1) is 0 Å². The van der Waals surface area contributed by atoms with E-state index in [1.807, 2.05) is 18.2 Å². The van der Waals surface area contributed by atoms with Gasteiger partial charge in [-0.1, -0.05) is 106 Å². The first-order chi connectivity index (χ1) is 15.3. The van der Waals surface area contributed by atoms with E-state index in [0.717, 1.165) is 36.6 Å². The summed E-state index contributed by atoms with van der Waals surface area (Å²) in [6, 6.07) is 16.6. The molecule has 0 atom stereocenters. The smallest absolute Gasteiger partial charge is 0.0692 e. The van der Waals surface area contributed by atoms with Crippen LogP contribution in [0.1, 0.15) is 75.8 Å². The topological polar surface area (TPSA) is 44.3 Å². The molecule has 0 bridgehead atoms. The molecule has 0 aliphatic carbocycles. The van der Waals surface area contributed by atoms with Gasteiger partial charge in [0.15, 0.2) is 0 Å². The van der Waals surface area contributed by atoms with Crippen LogP contribution in [-0.2, 0) is 13.2 Å². The van der Waals surface area contributed by atoms with Crippen LogP contribution in [0.5, 0.6) is 0 Å². The third kappa shape index (κ3) is 11.2. The van der Waals surface area contributed by atoms with Crippen LogP contribution in [0.2, 0.25) is 0 Å². The van der Waals surface area contributed by atoms with Gasteiger partial charge in [-0.05, 0) is 36.2 Å². The lowest BCUT2D eigenvalue weighted by molar-refractivity contribution is 0.279. The molecular formula is C27H42N2OS. The van der Waals surface area contributed by atoms with E-state index >= 15 is 0 Å². The molecule has 0 saturated heterocycles. The molecule has 0 unspecified atom stereocenters. The summed E-state index contributed by atoms with van der Waals surface area (Å²) in [6.45, 7) is 6.34. The number of hydrogen-bond donors (Lipinski definition) is 3. The quantitative estimate of drug-likeness (QED) is 0.229. The summed E-state index contributed by atoms with van der Waals surface area (Å²) in [7, 11) is 0. The van der Waals surface area contributed by atoms with Gasteiger partial charge in [-0.3, -0.25) is 0 Å². The molecule has 2 aromatic carbocycles. The van der Waals surface area contributed by atoms with Crippen LogP contribution in [0.3, 0.4) is 0 Å². The van der Waals surface area contributed by atoms with Crippen molar-refractivity contribution in [1.29, 1.82) is 0 Å². The van der Waals surface area contributed by atoms with Crippen molar-refractivity contribution in [3.63, 3.8) is 0 Å². The van der Waals surface area contributed by atoms with E-state index in [0.29, 0.717) is 0 Å². The van der Waals surface area contributed by atoms with E-state index in [2.05, 4.69) is 47.9 Å². The second kappa shape index (κ2) is 17.3. The maximum absolute atomic E-state index is 9.58. The summed E-state index contributed by atoms with van der Waals surface area (Å²) in [5.41, 5.74) is 2.29. The first-order valence-corrected chi connectivity index (χ1v) is 13.0. The molecule has 172 valence electrons. The Bertz CT molecular complexity index is 707. The van der Waals surface area contributed by atoms with E-state index in [4.69, 9.17) is 0 Å². The molecule has 0 heterocycles. The van der Waals surface area contributed by atoms with Crippen LogP contribution >= 0.6 is 11.8 Å². The van der Waals surface area contributed by atoms with Crippen molar-refractivity contribution in [2.45, 2.75) is 87.7 Å². The zero-order valence-corrected chi connectivity index (χ0v) is 20.2. The highest BCUT2D eigenvalue weighted by molar-refractivity contribution is 7.99. The van der Waals surface area contributed by atoms with Crippen LogP contribution in [0.25, 0.3) is 0 Å². The minimum atomic E-state index is 0.0776. The highest BCUT2D eigenvalue weighted by Crippen LogP contribution is 2.32. The largest absolute Gasteiger partial charge is 0.392 e. The van der Waals surface area contributed by atoms with Crippen LogP contribution < -0.4 is 10.6 Å². The SMILES string of the molecule is CCCCCCCCCCCNCCNCc1ccccc1Sc1ccccc1CO. The molecule has 4 heteroatoms. The number of unbranched alkanes of at least 4 members (excludes halogenated alkanes) is 8. The molecule has 0 aliphatic rings. The average molecular weight is 443 g/mol. The Morgan fingerprint density at radius 2 is 1.19 bits per heavy atom. The van der Waals surface area contributed by atoms with E-state index in [1.165, 1.54) is 68.2 Å². The first kappa shape index (κ1) is 25.9. The molecule has 0 radical (unpaired) electrons. The minimum absolute atomic E-state index is 0.0776. The van der Waals surface area contributed by atoms with Crippen molar-refractivity contribution >= 4 is 11.8 Å². The van der Waals surface area contributed by atoms with Crippen LogP contribution in [-0.4, -0.2) is 24.7 Å². The summed E-state index contributed by atoms with van der Waals surface area (Å²) >= 11 is 1.74. The molecule has 0 fully saturated rings. The van der Waals surface area contributed by atoms with Gasteiger partial charge in [0.2, 0.25) is 0 Å². The Balaban J connectivity index is 1.55. The Hall–Kier alpha value is -1.33. The Morgan fingerprint density at radius 1 is 0.645 bits per heavy atom. The molecule has 0 spiro atoms. The van der Waals surface area contributed by atoms with Gasteiger partial charge in [-0.15, -0.1) is 0 Å². The van der Waals surface area contributed by atoms with Crippen molar-refractivity contribution in [3.05, 3.63) is 59.7 Å². The molecular weight excluding hydrogens is 400 g/mol. The molecule has 0 amide bonds. The van der Waals surface area contributed by atoms with Gasteiger partial charge in [0.1, 0.15) is 0 Å². The zero-order valence-electron chi connectivity index (χ0n) is 19.4. The monoisotopic (exact) mass is 442 g/mol. The molecule has 0 aromatic heterocycles. The van der Waals surface area contributed by atoms with Crippen molar-refractivity contribution in [2.24, 2.45) is 0 Å². The molecule has 3 nitrogen and oxygen atoms in total. The number of aliphatic hydroxyl groups excluding tert-OH is 1. The van der Waals surface area contributed by atoms with E-state index in [-0.39, 0.29) is 6.61 Å². The summed E-state index contributed by atoms with van der Waals surface area (Å²) in [4.78, 5) is 2.37. The molecule has 2 aromatic rings.